The maximum atomic E-state index is 8.78. The van der Waals surface area contributed by atoms with E-state index in [0.717, 1.165) is 11.3 Å². The summed E-state index contributed by atoms with van der Waals surface area (Å²) >= 11 is 5.70. The molecular weight excluding hydrogens is 176 g/mol. The van der Waals surface area contributed by atoms with Gasteiger partial charge in [0, 0.05) is 5.69 Å². The molecule has 0 fully saturated rings. The number of pyridine rings is 1. The van der Waals surface area contributed by atoms with Gasteiger partial charge in [-0.1, -0.05) is 11.6 Å². The summed E-state index contributed by atoms with van der Waals surface area (Å²) < 4.78 is 0. The summed E-state index contributed by atoms with van der Waals surface area (Å²) in [6.07, 6.45) is 0. The summed E-state index contributed by atoms with van der Waals surface area (Å²) in [4.78, 5) is 3.98. The van der Waals surface area contributed by atoms with E-state index in [2.05, 4.69) is 4.98 Å². The molecule has 0 aliphatic rings. The van der Waals surface area contributed by atoms with Crippen molar-refractivity contribution in [3.63, 3.8) is 0 Å². The Morgan fingerprint density at radius 2 is 2.33 bits per heavy atom. The van der Waals surface area contributed by atoms with Crippen LogP contribution in [0.25, 0.3) is 0 Å². The maximum absolute atomic E-state index is 8.78. The molecule has 0 saturated carbocycles. The summed E-state index contributed by atoms with van der Waals surface area (Å²) in [6, 6.07) is 3.10. The molecule has 1 aromatic heterocycles. The lowest BCUT2D eigenvalue weighted by Crippen LogP contribution is -2.14. The van der Waals surface area contributed by atoms with Crippen LogP contribution in [0.2, 0.25) is 5.15 Å². The van der Waals surface area contributed by atoms with E-state index in [1.165, 1.54) is 0 Å². The molecule has 12 heavy (non-hydrogen) atoms. The predicted octanol–water partition coefficient (Wildman–Crippen LogP) is 1.04. The first-order valence-electron chi connectivity index (χ1n) is 3.64. The zero-order valence-corrected chi connectivity index (χ0v) is 7.54. The fourth-order valence-electron chi connectivity index (χ4n) is 0.973. The minimum absolute atomic E-state index is 0.0835. The van der Waals surface area contributed by atoms with Gasteiger partial charge < -0.3 is 10.8 Å². The number of aryl methyl sites for hydroxylation is 1. The third kappa shape index (κ3) is 2.17. The van der Waals surface area contributed by atoms with Crippen LogP contribution in [-0.4, -0.2) is 16.7 Å². The fourth-order valence-corrected chi connectivity index (χ4v) is 1.23. The number of aromatic nitrogens is 1. The Labute approximate surface area is 76.2 Å². The summed E-state index contributed by atoms with van der Waals surface area (Å²) in [5.74, 6) is 0. The first-order chi connectivity index (χ1) is 5.63. The van der Waals surface area contributed by atoms with Crippen LogP contribution in [0.5, 0.6) is 0 Å². The lowest BCUT2D eigenvalue weighted by molar-refractivity contribution is 0.268. The van der Waals surface area contributed by atoms with Crippen molar-refractivity contribution >= 4 is 11.6 Å². The van der Waals surface area contributed by atoms with Gasteiger partial charge in [0.1, 0.15) is 5.15 Å². The average Bonchev–Trinajstić information content (AvgIpc) is 2.01. The number of aliphatic hydroxyl groups is 1. The van der Waals surface area contributed by atoms with Gasteiger partial charge in [-0.2, -0.15) is 0 Å². The van der Waals surface area contributed by atoms with Gasteiger partial charge in [-0.15, -0.1) is 0 Å². The predicted molar refractivity (Wildman–Crippen MR) is 48.0 cm³/mol. The molecule has 0 saturated heterocycles. The molecule has 0 aromatic carbocycles. The van der Waals surface area contributed by atoms with Crippen molar-refractivity contribution in [2.24, 2.45) is 5.73 Å². The monoisotopic (exact) mass is 186 g/mol. The Hall–Kier alpha value is -0.640. The highest BCUT2D eigenvalue weighted by molar-refractivity contribution is 6.29. The van der Waals surface area contributed by atoms with Crippen molar-refractivity contribution in [2.75, 3.05) is 6.61 Å². The number of halogens is 1. The molecule has 1 unspecified atom stereocenters. The lowest BCUT2D eigenvalue weighted by atomic mass is 10.1. The van der Waals surface area contributed by atoms with E-state index in [1.54, 1.807) is 6.07 Å². The highest BCUT2D eigenvalue weighted by Gasteiger charge is 2.05. The van der Waals surface area contributed by atoms with Crippen molar-refractivity contribution in [1.82, 2.24) is 4.98 Å². The molecule has 1 atom stereocenters. The van der Waals surface area contributed by atoms with Crippen LogP contribution in [0.4, 0.5) is 0 Å². The molecule has 0 aliphatic heterocycles. The van der Waals surface area contributed by atoms with Gasteiger partial charge in [0.15, 0.2) is 0 Å². The SMILES string of the molecule is Cc1cc(C(N)CO)cc(Cl)n1. The second-order valence-electron chi connectivity index (χ2n) is 2.65. The van der Waals surface area contributed by atoms with E-state index >= 15 is 0 Å². The summed E-state index contributed by atoms with van der Waals surface area (Å²) in [5, 5.41) is 9.19. The molecule has 0 aliphatic carbocycles. The first-order valence-corrected chi connectivity index (χ1v) is 4.02. The van der Waals surface area contributed by atoms with Crippen molar-refractivity contribution in [2.45, 2.75) is 13.0 Å². The number of hydrogen-bond acceptors (Lipinski definition) is 3. The zero-order chi connectivity index (χ0) is 9.14. The van der Waals surface area contributed by atoms with E-state index in [4.69, 9.17) is 22.4 Å². The van der Waals surface area contributed by atoms with E-state index in [0.29, 0.717) is 5.15 Å². The number of nitrogens with zero attached hydrogens (tertiary/aromatic N) is 1. The molecule has 1 aromatic rings. The van der Waals surface area contributed by atoms with Crippen LogP contribution >= 0.6 is 11.6 Å². The molecule has 3 N–H and O–H groups in total. The zero-order valence-electron chi connectivity index (χ0n) is 6.79. The first kappa shape index (κ1) is 9.45. The number of rotatable bonds is 2. The highest BCUT2D eigenvalue weighted by atomic mass is 35.5. The molecule has 0 amide bonds. The fraction of sp³-hybridized carbons (Fsp3) is 0.375. The topological polar surface area (TPSA) is 59.1 Å². The van der Waals surface area contributed by atoms with Crippen molar-refractivity contribution < 1.29 is 5.11 Å². The number of hydrogen-bond donors (Lipinski definition) is 2. The molecule has 0 radical (unpaired) electrons. The second-order valence-corrected chi connectivity index (χ2v) is 3.04. The van der Waals surface area contributed by atoms with Crippen molar-refractivity contribution in [3.8, 4) is 0 Å². The van der Waals surface area contributed by atoms with E-state index in [1.807, 2.05) is 13.0 Å². The van der Waals surface area contributed by atoms with Gasteiger partial charge in [-0.05, 0) is 24.6 Å². The molecule has 1 rings (SSSR count). The average molecular weight is 187 g/mol. The number of nitrogens with two attached hydrogens (primary N) is 1. The minimum atomic E-state index is -0.371. The minimum Gasteiger partial charge on any atom is -0.394 e. The van der Waals surface area contributed by atoms with Crippen molar-refractivity contribution in [1.29, 1.82) is 0 Å². The van der Waals surface area contributed by atoms with Crippen LogP contribution in [0.1, 0.15) is 17.3 Å². The van der Waals surface area contributed by atoms with Gasteiger partial charge in [0.25, 0.3) is 0 Å². The molecule has 0 spiro atoms. The Balaban J connectivity index is 3.00. The normalized spacial score (nSPS) is 13.0. The smallest absolute Gasteiger partial charge is 0.129 e. The van der Waals surface area contributed by atoms with Crippen LogP contribution in [-0.2, 0) is 0 Å². The molecule has 0 bridgehead atoms. The van der Waals surface area contributed by atoms with Gasteiger partial charge in [0.2, 0.25) is 0 Å². The molecule has 4 heteroatoms. The quantitative estimate of drug-likeness (QED) is 0.679. The Kier molecular flexibility index (Phi) is 3.03. The van der Waals surface area contributed by atoms with Crippen LogP contribution in [0, 0.1) is 6.92 Å². The Bertz CT molecular complexity index is 258. The molecular formula is C8H11ClN2O. The van der Waals surface area contributed by atoms with Crippen LogP contribution in [0.15, 0.2) is 12.1 Å². The summed E-state index contributed by atoms with van der Waals surface area (Å²) in [5.41, 5.74) is 7.22. The third-order valence-electron chi connectivity index (χ3n) is 1.57. The van der Waals surface area contributed by atoms with Crippen LogP contribution < -0.4 is 5.73 Å². The Morgan fingerprint density at radius 3 is 2.83 bits per heavy atom. The van der Waals surface area contributed by atoms with E-state index in [-0.39, 0.29) is 12.6 Å². The van der Waals surface area contributed by atoms with Gasteiger partial charge in [0.05, 0.1) is 12.6 Å². The van der Waals surface area contributed by atoms with Gasteiger partial charge in [-0.25, -0.2) is 4.98 Å². The van der Waals surface area contributed by atoms with Gasteiger partial charge in [-0.3, -0.25) is 0 Å². The maximum Gasteiger partial charge on any atom is 0.129 e. The number of aliphatic hydroxyl groups excluding tert-OH is 1. The standard InChI is InChI=1S/C8H11ClN2O/c1-5-2-6(7(10)4-12)3-8(9)11-5/h2-3,7,12H,4,10H2,1H3. The van der Waals surface area contributed by atoms with Crippen LogP contribution in [0.3, 0.4) is 0 Å². The summed E-state index contributed by atoms with van der Waals surface area (Å²) in [7, 11) is 0. The Morgan fingerprint density at radius 1 is 1.67 bits per heavy atom. The third-order valence-corrected chi connectivity index (χ3v) is 1.76. The molecule has 1 heterocycles. The van der Waals surface area contributed by atoms with E-state index in [9.17, 15) is 0 Å². The molecule has 3 nitrogen and oxygen atoms in total. The van der Waals surface area contributed by atoms with E-state index < -0.39 is 0 Å². The highest BCUT2D eigenvalue weighted by Crippen LogP contribution is 2.15. The largest absolute Gasteiger partial charge is 0.394 e. The lowest BCUT2D eigenvalue weighted by Gasteiger charge is -2.08. The second kappa shape index (κ2) is 3.85. The molecule has 66 valence electrons. The summed E-state index contributed by atoms with van der Waals surface area (Å²) in [6.45, 7) is 1.75. The van der Waals surface area contributed by atoms with Gasteiger partial charge >= 0.3 is 0 Å². The van der Waals surface area contributed by atoms with Crippen molar-refractivity contribution in [3.05, 3.63) is 28.5 Å².